The van der Waals surface area contributed by atoms with Crippen LogP contribution in [0.4, 0.5) is 4.39 Å². The highest BCUT2D eigenvalue weighted by Crippen LogP contribution is 2.24. The quantitative estimate of drug-likeness (QED) is 0.847. The Morgan fingerprint density at radius 2 is 1.65 bits per heavy atom. The molecule has 0 radical (unpaired) electrons. The SMILES string of the molecule is CCC(CC)(CO)NS(=O)(=O)c1c(C)cc(F)cc1C. The van der Waals surface area contributed by atoms with Crippen LogP contribution in [0.2, 0.25) is 0 Å². The molecule has 0 atom stereocenters. The van der Waals surface area contributed by atoms with E-state index >= 15 is 0 Å². The van der Waals surface area contributed by atoms with E-state index in [-0.39, 0.29) is 11.5 Å². The van der Waals surface area contributed by atoms with Gasteiger partial charge in [0.25, 0.3) is 0 Å². The molecule has 0 heterocycles. The zero-order valence-corrected chi connectivity index (χ0v) is 13.1. The van der Waals surface area contributed by atoms with Crippen LogP contribution in [0.25, 0.3) is 0 Å². The van der Waals surface area contributed by atoms with Gasteiger partial charge in [0.05, 0.1) is 17.0 Å². The molecular weight excluding hydrogens is 281 g/mol. The summed E-state index contributed by atoms with van der Waals surface area (Å²) in [6.07, 6.45) is 0.942. The second kappa shape index (κ2) is 6.20. The molecule has 0 fully saturated rings. The topological polar surface area (TPSA) is 66.4 Å². The molecule has 114 valence electrons. The fraction of sp³-hybridized carbons (Fsp3) is 0.571. The van der Waals surface area contributed by atoms with Crippen molar-refractivity contribution in [2.24, 2.45) is 0 Å². The van der Waals surface area contributed by atoms with Crippen LogP contribution in [-0.4, -0.2) is 25.7 Å². The number of halogens is 1. The van der Waals surface area contributed by atoms with Gasteiger partial charge in [-0.1, -0.05) is 13.8 Å². The molecule has 1 aromatic rings. The van der Waals surface area contributed by atoms with Crippen LogP contribution in [-0.2, 0) is 10.0 Å². The number of aryl methyl sites for hydroxylation is 2. The van der Waals surface area contributed by atoms with E-state index in [0.29, 0.717) is 24.0 Å². The van der Waals surface area contributed by atoms with Gasteiger partial charge < -0.3 is 5.11 Å². The number of hydrogen-bond donors (Lipinski definition) is 2. The first-order chi connectivity index (χ1) is 9.21. The lowest BCUT2D eigenvalue weighted by atomic mass is 9.96. The maximum Gasteiger partial charge on any atom is 0.241 e. The number of nitrogens with one attached hydrogen (secondary N) is 1. The van der Waals surface area contributed by atoms with Crippen LogP contribution in [0.1, 0.15) is 37.8 Å². The summed E-state index contributed by atoms with van der Waals surface area (Å²) in [6, 6.07) is 2.39. The van der Waals surface area contributed by atoms with Crippen LogP contribution >= 0.6 is 0 Å². The van der Waals surface area contributed by atoms with Gasteiger partial charge in [-0.2, -0.15) is 0 Å². The Kier molecular flexibility index (Phi) is 5.29. The van der Waals surface area contributed by atoms with E-state index in [9.17, 15) is 17.9 Å². The second-order valence-corrected chi connectivity index (χ2v) is 6.74. The molecule has 0 spiro atoms. The lowest BCUT2D eigenvalue weighted by Gasteiger charge is -2.30. The number of benzene rings is 1. The molecule has 6 heteroatoms. The maximum atomic E-state index is 13.3. The third-order valence-corrected chi connectivity index (χ3v) is 5.58. The summed E-state index contributed by atoms with van der Waals surface area (Å²) in [4.78, 5) is 0.0821. The average molecular weight is 303 g/mol. The molecule has 0 aliphatic carbocycles. The first-order valence-corrected chi connectivity index (χ1v) is 8.11. The van der Waals surface area contributed by atoms with E-state index in [0.717, 1.165) is 0 Å². The lowest BCUT2D eigenvalue weighted by molar-refractivity contribution is 0.172. The highest BCUT2D eigenvalue weighted by atomic mass is 32.2. The Morgan fingerprint density at radius 3 is 2.00 bits per heavy atom. The Bertz CT molecular complexity index is 549. The van der Waals surface area contributed by atoms with Crippen molar-refractivity contribution < 1.29 is 17.9 Å². The minimum absolute atomic E-state index is 0.0821. The van der Waals surface area contributed by atoms with Gasteiger partial charge in [0.2, 0.25) is 10.0 Å². The molecule has 2 N–H and O–H groups in total. The molecule has 0 aromatic heterocycles. The fourth-order valence-corrected chi connectivity index (χ4v) is 4.30. The van der Waals surface area contributed by atoms with Gasteiger partial charge in [-0.25, -0.2) is 17.5 Å². The van der Waals surface area contributed by atoms with E-state index in [2.05, 4.69) is 4.72 Å². The molecular formula is C14H22FNO3S. The third-order valence-electron chi connectivity index (χ3n) is 3.70. The zero-order chi connectivity index (χ0) is 15.6. The number of hydrogen-bond acceptors (Lipinski definition) is 3. The summed E-state index contributed by atoms with van der Waals surface area (Å²) in [5.41, 5.74) is -0.172. The van der Waals surface area contributed by atoms with Crippen molar-refractivity contribution in [1.29, 1.82) is 0 Å². The van der Waals surface area contributed by atoms with Gasteiger partial charge in [-0.3, -0.25) is 0 Å². The predicted molar refractivity (Wildman–Crippen MR) is 76.6 cm³/mol. The first kappa shape index (κ1) is 17.1. The van der Waals surface area contributed by atoms with Crippen LogP contribution < -0.4 is 4.72 Å². The van der Waals surface area contributed by atoms with E-state index in [1.807, 2.05) is 13.8 Å². The summed E-state index contributed by atoms with van der Waals surface area (Å²) in [5.74, 6) is -0.460. The molecule has 0 bridgehead atoms. The monoisotopic (exact) mass is 303 g/mol. The van der Waals surface area contributed by atoms with Crippen molar-refractivity contribution in [3.8, 4) is 0 Å². The smallest absolute Gasteiger partial charge is 0.241 e. The minimum atomic E-state index is -3.81. The largest absolute Gasteiger partial charge is 0.394 e. The van der Waals surface area contributed by atoms with Crippen molar-refractivity contribution in [2.75, 3.05) is 6.61 Å². The molecule has 0 aliphatic rings. The van der Waals surface area contributed by atoms with Crippen LogP contribution in [0.15, 0.2) is 17.0 Å². The van der Waals surface area contributed by atoms with E-state index in [1.165, 1.54) is 12.1 Å². The van der Waals surface area contributed by atoms with Crippen molar-refractivity contribution in [3.63, 3.8) is 0 Å². The number of rotatable bonds is 6. The number of aliphatic hydroxyl groups excluding tert-OH is 1. The van der Waals surface area contributed by atoms with E-state index < -0.39 is 21.4 Å². The highest BCUT2D eigenvalue weighted by molar-refractivity contribution is 7.89. The van der Waals surface area contributed by atoms with Gasteiger partial charge in [0, 0.05) is 0 Å². The summed E-state index contributed by atoms with van der Waals surface area (Å²) < 4.78 is 40.9. The number of sulfonamides is 1. The Balaban J connectivity index is 3.32. The maximum absolute atomic E-state index is 13.3. The predicted octanol–water partition coefficient (Wildman–Crippen LogP) is 2.27. The van der Waals surface area contributed by atoms with Gasteiger partial charge in [0.15, 0.2) is 0 Å². The highest BCUT2D eigenvalue weighted by Gasteiger charge is 2.33. The van der Waals surface area contributed by atoms with Crippen LogP contribution in [0.5, 0.6) is 0 Å². The first-order valence-electron chi connectivity index (χ1n) is 6.63. The molecule has 1 aromatic carbocycles. The van der Waals surface area contributed by atoms with Crippen molar-refractivity contribution in [1.82, 2.24) is 4.72 Å². The summed E-state index contributed by atoms with van der Waals surface area (Å²) in [5, 5.41) is 9.48. The number of aliphatic hydroxyl groups is 1. The van der Waals surface area contributed by atoms with Crippen molar-refractivity contribution in [2.45, 2.75) is 51.0 Å². The van der Waals surface area contributed by atoms with Crippen LogP contribution in [0.3, 0.4) is 0 Å². The summed E-state index contributed by atoms with van der Waals surface area (Å²) in [6.45, 7) is 6.46. The minimum Gasteiger partial charge on any atom is -0.394 e. The van der Waals surface area contributed by atoms with Gasteiger partial charge >= 0.3 is 0 Å². The summed E-state index contributed by atoms with van der Waals surface area (Å²) in [7, 11) is -3.81. The average Bonchev–Trinajstić information content (AvgIpc) is 2.34. The molecule has 1 rings (SSSR count). The van der Waals surface area contributed by atoms with E-state index in [1.54, 1.807) is 13.8 Å². The molecule has 0 unspecified atom stereocenters. The van der Waals surface area contributed by atoms with Crippen molar-refractivity contribution in [3.05, 3.63) is 29.1 Å². The molecule has 0 saturated heterocycles. The zero-order valence-electron chi connectivity index (χ0n) is 12.3. The lowest BCUT2D eigenvalue weighted by Crippen LogP contribution is -2.50. The second-order valence-electron chi connectivity index (χ2n) is 5.12. The standard InChI is InChI=1S/C14H22FNO3S/c1-5-14(6-2,9-17)16-20(18,19)13-10(3)7-12(15)8-11(13)4/h7-8,16-17H,5-6,9H2,1-4H3. The molecule has 0 saturated carbocycles. The Hall–Kier alpha value is -0.980. The molecule has 0 amide bonds. The molecule has 4 nitrogen and oxygen atoms in total. The van der Waals surface area contributed by atoms with Crippen molar-refractivity contribution >= 4 is 10.0 Å². The van der Waals surface area contributed by atoms with Gasteiger partial charge in [-0.15, -0.1) is 0 Å². The molecule has 20 heavy (non-hydrogen) atoms. The van der Waals surface area contributed by atoms with Gasteiger partial charge in [0.1, 0.15) is 5.82 Å². The van der Waals surface area contributed by atoms with E-state index in [4.69, 9.17) is 0 Å². The molecule has 0 aliphatic heterocycles. The normalized spacial score (nSPS) is 12.7. The Labute approximate surface area is 120 Å². The third kappa shape index (κ3) is 3.37. The Morgan fingerprint density at radius 1 is 1.20 bits per heavy atom. The van der Waals surface area contributed by atoms with Gasteiger partial charge in [-0.05, 0) is 49.9 Å². The summed E-state index contributed by atoms with van der Waals surface area (Å²) >= 11 is 0. The van der Waals surface area contributed by atoms with Crippen LogP contribution in [0, 0.1) is 19.7 Å². The fourth-order valence-electron chi connectivity index (χ4n) is 2.31.